The van der Waals surface area contributed by atoms with E-state index in [1.165, 1.54) is 6.08 Å². The van der Waals surface area contributed by atoms with Gasteiger partial charge in [-0.15, -0.1) is 0 Å². The van der Waals surface area contributed by atoms with Gasteiger partial charge < -0.3 is 4.90 Å². The summed E-state index contributed by atoms with van der Waals surface area (Å²) in [7, 11) is 0. The molecule has 0 atom stereocenters. The molecule has 0 radical (unpaired) electrons. The number of aromatic nitrogens is 2. The molecule has 5 nitrogen and oxygen atoms in total. The van der Waals surface area contributed by atoms with Crippen molar-refractivity contribution in [1.29, 1.82) is 0 Å². The number of anilines is 1. The lowest BCUT2D eigenvalue weighted by Crippen LogP contribution is -2.23. The fourth-order valence-corrected chi connectivity index (χ4v) is 3.51. The highest BCUT2D eigenvalue weighted by Gasteiger charge is 2.21. The molecule has 1 aliphatic heterocycles. The third kappa shape index (κ3) is 4.30. The van der Waals surface area contributed by atoms with E-state index in [4.69, 9.17) is 11.6 Å². The van der Waals surface area contributed by atoms with Crippen molar-refractivity contribution in [2.45, 2.75) is 40.2 Å². The Morgan fingerprint density at radius 3 is 2.59 bits per heavy atom. The van der Waals surface area contributed by atoms with E-state index in [0.29, 0.717) is 23.1 Å². The summed E-state index contributed by atoms with van der Waals surface area (Å²) in [4.78, 5) is 26.1. The zero-order valence-corrected chi connectivity index (χ0v) is 16.7. The van der Waals surface area contributed by atoms with E-state index in [0.717, 1.165) is 36.5 Å². The monoisotopic (exact) mass is 385 g/mol. The van der Waals surface area contributed by atoms with Gasteiger partial charge in [-0.1, -0.05) is 25.4 Å². The van der Waals surface area contributed by atoms with E-state index in [1.54, 1.807) is 27.8 Å². The molecule has 6 heteroatoms. The average molecular weight is 386 g/mol. The molecule has 0 bridgehead atoms. The summed E-state index contributed by atoms with van der Waals surface area (Å²) in [5.74, 6) is 0.458. The van der Waals surface area contributed by atoms with Crippen LogP contribution in [-0.2, 0) is 11.3 Å². The van der Waals surface area contributed by atoms with Gasteiger partial charge in [-0.2, -0.15) is 5.10 Å². The molecule has 0 saturated carbocycles. The first-order valence-corrected chi connectivity index (χ1v) is 9.60. The van der Waals surface area contributed by atoms with Crippen LogP contribution in [0.5, 0.6) is 0 Å². The van der Waals surface area contributed by atoms with Crippen LogP contribution < -0.4 is 4.90 Å². The molecule has 27 heavy (non-hydrogen) atoms. The Balaban J connectivity index is 1.73. The largest absolute Gasteiger partial charge is 0.312 e. The van der Waals surface area contributed by atoms with Crippen molar-refractivity contribution in [2.24, 2.45) is 5.92 Å². The number of aryl methyl sites for hydroxylation is 1. The Hall–Kier alpha value is -2.40. The van der Waals surface area contributed by atoms with Crippen molar-refractivity contribution in [3.8, 4) is 0 Å². The van der Waals surface area contributed by atoms with Gasteiger partial charge in [-0.3, -0.25) is 14.3 Å². The summed E-state index contributed by atoms with van der Waals surface area (Å²) < 4.78 is 1.77. The summed E-state index contributed by atoms with van der Waals surface area (Å²) in [6.45, 7) is 7.56. The molecule has 1 amide bonds. The van der Waals surface area contributed by atoms with Crippen LogP contribution in [0.4, 0.5) is 5.69 Å². The minimum atomic E-state index is -0.110. The molecular formula is C21H24ClN3O2. The predicted molar refractivity (Wildman–Crippen MR) is 108 cm³/mol. The summed E-state index contributed by atoms with van der Waals surface area (Å²) >= 11 is 6.41. The summed E-state index contributed by atoms with van der Waals surface area (Å²) in [6.07, 6.45) is 4.72. The minimum absolute atomic E-state index is 0.110. The fraction of sp³-hybridized carbons (Fsp3) is 0.381. The number of carbonyl (C=O) groups excluding carboxylic acids is 2. The molecule has 0 aliphatic carbocycles. The van der Waals surface area contributed by atoms with Gasteiger partial charge in [-0.05, 0) is 55.7 Å². The Bertz CT molecular complexity index is 882. The van der Waals surface area contributed by atoms with Crippen molar-refractivity contribution in [3.63, 3.8) is 0 Å². The molecule has 142 valence electrons. The third-order valence-corrected chi connectivity index (χ3v) is 4.98. The molecule has 1 aromatic heterocycles. The topological polar surface area (TPSA) is 55.2 Å². The first kappa shape index (κ1) is 19.4. The highest BCUT2D eigenvalue weighted by molar-refractivity contribution is 6.31. The second-order valence-electron chi connectivity index (χ2n) is 7.26. The number of rotatable bonds is 6. The van der Waals surface area contributed by atoms with E-state index in [1.807, 2.05) is 19.1 Å². The van der Waals surface area contributed by atoms with Crippen LogP contribution in [0.1, 0.15) is 48.3 Å². The van der Waals surface area contributed by atoms with Crippen molar-refractivity contribution in [2.75, 3.05) is 11.4 Å². The summed E-state index contributed by atoms with van der Waals surface area (Å²) in [5, 5.41) is 5.00. The van der Waals surface area contributed by atoms with Crippen LogP contribution in [-0.4, -0.2) is 28.0 Å². The van der Waals surface area contributed by atoms with Gasteiger partial charge in [0.25, 0.3) is 0 Å². The molecular weight excluding hydrogens is 362 g/mol. The smallest absolute Gasteiger partial charge is 0.227 e. The van der Waals surface area contributed by atoms with Gasteiger partial charge in [0.2, 0.25) is 5.91 Å². The second kappa shape index (κ2) is 8.09. The first-order chi connectivity index (χ1) is 12.9. The standard InChI is InChI=1S/C21H24ClN3O2/c1-14(2)13-25-21(22)18(15(3)23-25)10-11-19(26)16-6-8-17(9-7-16)24-12-4-5-20(24)27/h6-11,14H,4-5,12-13H2,1-3H3/b11-10+. The highest BCUT2D eigenvalue weighted by atomic mass is 35.5. The predicted octanol–water partition coefficient (Wildman–Crippen LogP) is 4.52. The Kier molecular flexibility index (Phi) is 5.80. The van der Waals surface area contributed by atoms with Gasteiger partial charge in [0.1, 0.15) is 5.15 Å². The fourth-order valence-electron chi connectivity index (χ4n) is 3.21. The lowest BCUT2D eigenvalue weighted by Gasteiger charge is -2.15. The van der Waals surface area contributed by atoms with Gasteiger partial charge in [0, 0.05) is 36.3 Å². The Morgan fingerprint density at radius 1 is 1.30 bits per heavy atom. The van der Waals surface area contributed by atoms with Crippen LogP contribution in [0.2, 0.25) is 5.15 Å². The van der Waals surface area contributed by atoms with Gasteiger partial charge in [-0.25, -0.2) is 0 Å². The number of benzene rings is 1. The molecule has 2 aromatic rings. The maximum absolute atomic E-state index is 12.5. The molecule has 2 heterocycles. The normalized spacial score (nSPS) is 14.7. The van der Waals surface area contributed by atoms with Crippen LogP contribution in [0.25, 0.3) is 6.08 Å². The number of amides is 1. The van der Waals surface area contributed by atoms with Gasteiger partial charge in [0.15, 0.2) is 5.78 Å². The van der Waals surface area contributed by atoms with E-state index < -0.39 is 0 Å². The molecule has 1 aromatic carbocycles. The van der Waals surface area contributed by atoms with Crippen molar-refractivity contribution < 1.29 is 9.59 Å². The number of nitrogens with zero attached hydrogens (tertiary/aromatic N) is 3. The molecule has 3 rings (SSSR count). The van der Waals surface area contributed by atoms with E-state index >= 15 is 0 Å². The second-order valence-corrected chi connectivity index (χ2v) is 7.62. The van der Waals surface area contributed by atoms with E-state index in [-0.39, 0.29) is 11.7 Å². The van der Waals surface area contributed by atoms with Crippen LogP contribution in [0.3, 0.4) is 0 Å². The lowest BCUT2D eigenvalue weighted by atomic mass is 10.1. The molecule has 1 saturated heterocycles. The molecule has 0 N–H and O–H groups in total. The number of halogens is 1. The lowest BCUT2D eigenvalue weighted by molar-refractivity contribution is -0.117. The number of allylic oxidation sites excluding steroid dienone is 1. The average Bonchev–Trinajstić information content (AvgIpc) is 3.16. The van der Waals surface area contributed by atoms with Crippen LogP contribution in [0.15, 0.2) is 30.3 Å². The zero-order chi connectivity index (χ0) is 19.6. The zero-order valence-electron chi connectivity index (χ0n) is 15.9. The molecule has 1 aliphatic rings. The maximum atomic E-state index is 12.5. The van der Waals surface area contributed by atoms with Gasteiger partial charge >= 0.3 is 0 Å². The first-order valence-electron chi connectivity index (χ1n) is 9.22. The molecule has 0 unspecified atom stereocenters. The maximum Gasteiger partial charge on any atom is 0.227 e. The Labute approximate surface area is 164 Å². The molecule has 1 fully saturated rings. The summed E-state index contributed by atoms with van der Waals surface area (Å²) in [5.41, 5.74) is 2.98. The van der Waals surface area contributed by atoms with E-state index in [2.05, 4.69) is 18.9 Å². The van der Waals surface area contributed by atoms with Crippen molar-refractivity contribution >= 4 is 35.1 Å². The minimum Gasteiger partial charge on any atom is -0.312 e. The number of carbonyl (C=O) groups is 2. The van der Waals surface area contributed by atoms with E-state index in [9.17, 15) is 9.59 Å². The van der Waals surface area contributed by atoms with Crippen LogP contribution in [0, 0.1) is 12.8 Å². The van der Waals surface area contributed by atoms with Gasteiger partial charge in [0.05, 0.1) is 5.69 Å². The van der Waals surface area contributed by atoms with Crippen molar-refractivity contribution in [1.82, 2.24) is 9.78 Å². The Morgan fingerprint density at radius 2 is 2.00 bits per heavy atom. The quantitative estimate of drug-likeness (QED) is 0.542. The SMILES string of the molecule is Cc1nn(CC(C)C)c(Cl)c1/C=C/C(=O)c1ccc(N2CCCC2=O)cc1. The highest BCUT2D eigenvalue weighted by Crippen LogP contribution is 2.24. The van der Waals surface area contributed by atoms with Crippen LogP contribution >= 0.6 is 11.6 Å². The van der Waals surface area contributed by atoms with Crippen molar-refractivity contribution in [3.05, 3.63) is 52.3 Å². The summed E-state index contributed by atoms with van der Waals surface area (Å²) in [6, 6.07) is 7.15. The number of hydrogen-bond donors (Lipinski definition) is 0. The number of hydrogen-bond acceptors (Lipinski definition) is 3. The number of ketones is 1. The third-order valence-electron chi connectivity index (χ3n) is 4.59. The molecule has 0 spiro atoms.